The normalized spacial score (nSPS) is 22.6. The van der Waals surface area contributed by atoms with E-state index in [0.29, 0.717) is 12.3 Å². The average Bonchev–Trinajstić information content (AvgIpc) is 2.98. The zero-order valence-electron chi connectivity index (χ0n) is 12.7. The quantitative estimate of drug-likeness (QED) is 0.912. The van der Waals surface area contributed by atoms with E-state index in [-0.39, 0.29) is 11.8 Å². The molecule has 3 rings (SSSR count). The lowest BCUT2D eigenvalue weighted by Gasteiger charge is -2.23. The molecule has 0 aliphatic carbocycles. The molecule has 1 saturated heterocycles. The Hall–Kier alpha value is -1.52. The van der Waals surface area contributed by atoms with Crippen LogP contribution in [0.15, 0.2) is 42.5 Å². The van der Waals surface area contributed by atoms with Crippen molar-refractivity contribution in [1.82, 2.24) is 5.32 Å². The maximum atomic E-state index is 12.3. The Morgan fingerprint density at radius 1 is 1.32 bits per heavy atom. The number of carbonyl (C=O) groups is 1. The third-order valence-corrected chi connectivity index (χ3v) is 5.58. The van der Waals surface area contributed by atoms with E-state index in [0.717, 1.165) is 23.1 Å². The monoisotopic (exact) mass is 315 g/mol. The van der Waals surface area contributed by atoms with Crippen molar-refractivity contribution in [1.29, 1.82) is 0 Å². The summed E-state index contributed by atoms with van der Waals surface area (Å²) in [6, 6.07) is 14.3. The Bertz CT molecular complexity index is 680. The van der Waals surface area contributed by atoms with Crippen molar-refractivity contribution in [3.63, 3.8) is 0 Å². The van der Waals surface area contributed by atoms with Crippen LogP contribution in [0.2, 0.25) is 0 Å². The second-order valence-corrected chi connectivity index (χ2v) is 7.18. The molecule has 2 unspecified atom stereocenters. The molecule has 1 heterocycles. The lowest BCUT2D eigenvalue weighted by Crippen LogP contribution is -2.44. The van der Waals surface area contributed by atoms with Crippen LogP contribution < -0.4 is 5.32 Å². The first-order valence-corrected chi connectivity index (χ1v) is 8.79. The van der Waals surface area contributed by atoms with Gasteiger partial charge in [-0.15, -0.1) is 0 Å². The second-order valence-electron chi connectivity index (χ2n) is 6.07. The summed E-state index contributed by atoms with van der Waals surface area (Å²) in [5, 5.41) is 15.5. The standard InChI is InChI=1S/C18H21NO2S/c1-13(17(20)19-11-18(21)8-9-22-12-18)15-7-6-14-4-2-3-5-16(14)10-15/h2-7,10,13,21H,8-9,11-12H2,1H3,(H,19,20). The van der Waals surface area contributed by atoms with Gasteiger partial charge < -0.3 is 10.4 Å². The number of amides is 1. The predicted molar refractivity (Wildman–Crippen MR) is 92.3 cm³/mol. The van der Waals surface area contributed by atoms with Crippen LogP contribution in [0.25, 0.3) is 10.8 Å². The van der Waals surface area contributed by atoms with Crippen LogP contribution in [0, 0.1) is 0 Å². The highest BCUT2D eigenvalue weighted by atomic mass is 32.2. The SMILES string of the molecule is CC(C(=O)NCC1(O)CCSC1)c1ccc2ccccc2c1. The summed E-state index contributed by atoms with van der Waals surface area (Å²) in [5.41, 5.74) is 0.271. The minimum Gasteiger partial charge on any atom is -0.387 e. The van der Waals surface area contributed by atoms with Gasteiger partial charge in [0, 0.05) is 12.3 Å². The van der Waals surface area contributed by atoms with E-state index in [2.05, 4.69) is 29.6 Å². The summed E-state index contributed by atoms with van der Waals surface area (Å²) in [7, 11) is 0. The van der Waals surface area contributed by atoms with Gasteiger partial charge in [0.25, 0.3) is 0 Å². The molecule has 2 aromatic carbocycles. The van der Waals surface area contributed by atoms with E-state index in [1.54, 1.807) is 11.8 Å². The molecular formula is C18H21NO2S. The molecule has 1 amide bonds. The van der Waals surface area contributed by atoms with E-state index in [9.17, 15) is 9.90 Å². The van der Waals surface area contributed by atoms with Crippen LogP contribution in [0.4, 0.5) is 0 Å². The molecule has 3 nitrogen and oxygen atoms in total. The molecule has 2 atom stereocenters. The number of hydrogen-bond acceptors (Lipinski definition) is 3. The average molecular weight is 315 g/mol. The molecule has 1 fully saturated rings. The van der Waals surface area contributed by atoms with Gasteiger partial charge in [-0.25, -0.2) is 0 Å². The van der Waals surface area contributed by atoms with Gasteiger partial charge in [0.2, 0.25) is 5.91 Å². The molecule has 0 radical (unpaired) electrons. The van der Waals surface area contributed by atoms with Crippen molar-refractivity contribution in [2.75, 3.05) is 18.1 Å². The Kier molecular flexibility index (Phi) is 4.41. The number of carbonyl (C=O) groups excluding carboxylic acids is 1. The van der Waals surface area contributed by atoms with Crippen LogP contribution in [0.3, 0.4) is 0 Å². The van der Waals surface area contributed by atoms with Crippen LogP contribution >= 0.6 is 11.8 Å². The van der Waals surface area contributed by atoms with Crippen molar-refractivity contribution in [3.05, 3.63) is 48.0 Å². The zero-order valence-corrected chi connectivity index (χ0v) is 13.5. The second kappa shape index (κ2) is 6.31. The Morgan fingerprint density at radius 3 is 2.82 bits per heavy atom. The van der Waals surface area contributed by atoms with Gasteiger partial charge in [-0.3, -0.25) is 4.79 Å². The first-order chi connectivity index (χ1) is 10.6. The van der Waals surface area contributed by atoms with E-state index in [1.165, 1.54) is 5.39 Å². The van der Waals surface area contributed by atoms with Crippen molar-refractivity contribution in [2.24, 2.45) is 0 Å². The number of nitrogens with one attached hydrogen (secondary N) is 1. The van der Waals surface area contributed by atoms with Crippen molar-refractivity contribution in [2.45, 2.75) is 24.9 Å². The fourth-order valence-electron chi connectivity index (χ4n) is 2.77. The summed E-state index contributed by atoms with van der Waals surface area (Å²) >= 11 is 1.74. The molecule has 22 heavy (non-hydrogen) atoms. The third-order valence-electron chi connectivity index (χ3n) is 4.34. The highest BCUT2D eigenvalue weighted by Gasteiger charge is 2.32. The third kappa shape index (κ3) is 3.28. The van der Waals surface area contributed by atoms with Crippen LogP contribution in [-0.4, -0.2) is 34.7 Å². The largest absolute Gasteiger partial charge is 0.387 e. The molecule has 0 saturated carbocycles. The van der Waals surface area contributed by atoms with Gasteiger partial charge >= 0.3 is 0 Å². The maximum absolute atomic E-state index is 12.3. The summed E-state index contributed by atoms with van der Waals surface area (Å²) in [4.78, 5) is 12.3. The van der Waals surface area contributed by atoms with Gasteiger partial charge in [0.15, 0.2) is 0 Å². The number of fused-ring (bicyclic) bond motifs is 1. The van der Waals surface area contributed by atoms with E-state index < -0.39 is 5.60 Å². The van der Waals surface area contributed by atoms with Crippen molar-refractivity contribution >= 4 is 28.4 Å². The first-order valence-electron chi connectivity index (χ1n) is 7.64. The molecule has 2 aromatic rings. The highest BCUT2D eigenvalue weighted by Crippen LogP contribution is 2.27. The fourth-order valence-corrected chi connectivity index (χ4v) is 4.06. The molecule has 116 valence electrons. The molecule has 4 heteroatoms. The molecule has 0 spiro atoms. The zero-order chi connectivity index (χ0) is 15.6. The van der Waals surface area contributed by atoms with Crippen LogP contribution in [0.1, 0.15) is 24.8 Å². The lowest BCUT2D eigenvalue weighted by atomic mass is 9.96. The molecule has 0 aromatic heterocycles. The van der Waals surface area contributed by atoms with Gasteiger partial charge in [-0.1, -0.05) is 42.5 Å². The highest BCUT2D eigenvalue weighted by molar-refractivity contribution is 7.99. The Labute approximate surface area is 135 Å². The maximum Gasteiger partial charge on any atom is 0.227 e. The molecular weight excluding hydrogens is 294 g/mol. The number of thioether (sulfide) groups is 1. The topological polar surface area (TPSA) is 49.3 Å². The van der Waals surface area contributed by atoms with Gasteiger partial charge in [0.05, 0.1) is 11.5 Å². The van der Waals surface area contributed by atoms with E-state index in [1.807, 2.05) is 25.1 Å². The minimum absolute atomic E-state index is 0.0272. The molecule has 1 aliphatic rings. The summed E-state index contributed by atoms with van der Waals surface area (Å²) in [5.74, 6) is 1.42. The van der Waals surface area contributed by atoms with Gasteiger partial charge in [-0.2, -0.15) is 11.8 Å². The Morgan fingerprint density at radius 2 is 2.09 bits per heavy atom. The first kappa shape index (κ1) is 15.4. The van der Waals surface area contributed by atoms with Gasteiger partial charge in [0.1, 0.15) is 0 Å². The minimum atomic E-state index is -0.733. The smallest absolute Gasteiger partial charge is 0.227 e. The molecule has 2 N–H and O–H groups in total. The number of aliphatic hydroxyl groups is 1. The van der Waals surface area contributed by atoms with Crippen molar-refractivity contribution < 1.29 is 9.90 Å². The fraction of sp³-hybridized carbons (Fsp3) is 0.389. The Balaban J connectivity index is 1.68. The number of rotatable bonds is 4. The van der Waals surface area contributed by atoms with Crippen LogP contribution in [0.5, 0.6) is 0 Å². The van der Waals surface area contributed by atoms with E-state index in [4.69, 9.17) is 0 Å². The van der Waals surface area contributed by atoms with Crippen molar-refractivity contribution in [3.8, 4) is 0 Å². The predicted octanol–water partition coefficient (Wildman–Crippen LogP) is 2.93. The summed E-state index contributed by atoms with van der Waals surface area (Å²) in [6.07, 6.45) is 0.752. The summed E-state index contributed by atoms with van der Waals surface area (Å²) < 4.78 is 0. The number of hydrogen-bond donors (Lipinski definition) is 2. The van der Waals surface area contributed by atoms with E-state index >= 15 is 0 Å². The molecule has 0 bridgehead atoms. The van der Waals surface area contributed by atoms with Gasteiger partial charge in [-0.05, 0) is 35.4 Å². The molecule has 1 aliphatic heterocycles. The number of benzene rings is 2. The lowest BCUT2D eigenvalue weighted by molar-refractivity contribution is -0.123. The summed E-state index contributed by atoms with van der Waals surface area (Å²) in [6.45, 7) is 2.25. The van der Waals surface area contributed by atoms with Crippen LogP contribution in [-0.2, 0) is 4.79 Å².